The Balaban J connectivity index is 1.76. The van der Waals surface area contributed by atoms with Crippen LogP contribution in [0.2, 0.25) is 0 Å². The van der Waals surface area contributed by atoms with Gasteiger partial charge in [-0.15, -0.1) is 11.3 Å². The molecule has 9 heteroatoms. The maximum absolute atomic E-state index is 12.6. The fourth-order valence-electron chi connectivity index (χ4n) is 4.12. The number of nitrogens with zero attached hydrogens (tertiary/aromatic N) is 4. The molecular formula is C23H22N6O2S. The van der Waals surface area contributed by atoms with Crippen molar-refractivity contribution in [3.05, 3.63) is 53.2 Å². The number of thiophene rings is 1. The summed E-state index contributed by atoms with van der Waals surface area (Å²) in [5, 5.41) is 3.47. The van der Waals surface area contributed by atoms with Gasteiger partial charge in [0.25, 0.3) is 0 Å². The van der Waals surface area contributed by atoms with Gasteiger partial charge in [0, 0.05) is 48.7 Å². The van der Waals surface area contributed by atoms with Crippen LogP contribution >= 0.6 is 11.3 Å². The van der Waals surface area contributed by atoms with Crippen LogP contribution in [0.5, 0.6) is 0 Å². The van der Waals surface area contributed by atoms with Gasteiger partial charge in [-0.3, -0.25) is 9.59 Å². The number of H-pyrrole nitrogens is 1. The van der Waals surface area contributed by atoms with Gasteiger partial charge in [-0.2, -0.15) is 0 Å². The van der Waals surface area contributed by atoms with Gasteiger partial charge >= 0.3 is 0 Å². The van der Waals surface area contributed by atoms with E-state index in [1.807, 2.05) is 35.7 Å². The highest BCUT2D eigenvalue weighted by atomic mass is 32.1. The molecule has 1 amide bonds. The Labute approximate surface area is 188 Å². The molecule has 0 spiro atoms. The van der Waals surface area contributed by atoms with Gasteiger partial charge in [-0.25, -0.2) is 9.97 Å². The Morgan fingerprint density at radius 2 is 1.91 bits per heavy atom. The first-order valence-electron chi connectivity index (χ1n) is 10.3. The number of piperazine rings is 1. The van der Waals surface area contributed by atoms with Crippen molar-refractivity contribution in [3.63, 3.8) is 0 Å². The third kappa shape index (κ3) is 3.45. The van der Waals surface area contributed by atoms with E-state index >= 15 is 0 Å². The van der Waals surface area contributed by atoms with Crippen LogP contribution in [0, 0.1) is 0 Å². The third-order valence-corrected chi connectivity index (χ3v) is 6.68. The number of fused-ring (bicyclic) bond motifs is 2. The molecule has 4 aromatic rings. The molecule has 1 saturated heterocycles. The number of para-hydroxylation sites is 1. The van der Waals surface area contributed by atoms with Crippen LogP contribution in [0.3, 0.4) is 0 Å². The van der Waals surface area contributed by atoms with E-state index in [9.17, 15) is 9.59 Å². The SMILES string of the molecule is CN1CCN(c2nc(/C(C=O)=C(/C(N)=O)c3c[nH]c4sccc34)c3ccccc3n2)CC1. The molecule has 0 atom stereocenters. The zero-order chi connectivity index (χ0) is 22.2. The number of aromatic nitrogens is 3. The number of allylic oxidation sites excluding steroid dienone is 1. The van der Waals surface area contributed by atoms with E-state index in [1.165, 1.54) is 11.3 Å². The number of carbonyl (C=O) groups is 2. The second kappa shape index (κ2) is 8.18. The van der Waals surface area contributed by atoms with Crippen LogP contribution in [0.15, 0.2) is 41.9 Å². The van der Waals surface area contributed by atoms with E-state index in [-0.39, 0.29) is 11.1 Å². The number of hydrogen-bond donors (Lipinski definition) is 2. The largest absolute Gasteiger partial charge is 0.366 e. The van der Waals surface area contributed by atoms with Crippen molar-refractivity contribution in [2.45, 2.75) is 0 Å². The van der Waals surface area contributed by atoms with Gasteiger partial charge in [0.1, 0.15) is 4.83 Å². The summed E-state index contributed by atoms with van der Waals surface area (Å²) in [7, 11) is 2.08. The second-order valence-electron chi connectivity index (χ2n) is 7.82. The minimum Gasteiger partial charge on any atom is -0.366 e. The number of aldehydes is 1. The molecule has 3 aromatic heterocycles. The highest BCUT2D eigenvalue weighted by molar-refractivity contribution is 7.16. The third-order valence-electron chi connectivity index (χ3n) is 5.84. The first-order chi connectivity index (χ1) is 15.6. The van der Waals surface area contributed by atoms with Gasteiger partial charge in [0.15, 0.2) is 6.29 Å². The molecule has 1 aromatic carbocycles. The van der Waals surface area contributed by atoms with Crippen LogP contribution < -0.4 is 10.6 Å². The van der Waals surface area contributed by atoms with Gasteiger partial charge < -0.3 is 20.5 Å². The van der Waals surface area contributed by atoms with Gasteiger partial charge in [0.05, 0.1) is 22.4 Å². The molecule has 8 nitrogen and oxygen atoms in total. The Bertz CT molecular complexity index is 1360. The normalized spacial score (nSPS) is 15.8. The van der Waals surface area contributed by atoms with Crippen LogP contribution in [0.1, 0.15) is 11.3 Å². The number of nitrogens with one attached hydrogen (secondary N) is 1. The van der Waals surface area contributed by atoms with Gasteiger partial charge in [-0.05, 0) is 24.6 Å². The summed E-state index contributed by atoms with van der Waals surface area (Å²) in [5.74, 6) is -0.132. The van der Waals surface area contributed by atoms with Crippen molar-refractivity contribution in [2.24, 2.45) is 5.73 Å². The zero-order valence-corrected chi connectivity index (χ0v) is 18.4. The molecule has 1 fully saturated rings. The van der Waals surface area contributed by atoms with Crippen molar-refractivity contribution < 1.29 is 9.59 Å². The lowest BCUT2D eigenvalue weighted by Gasteiger charge is -2.32. The summed E-state index contributed by atoms with van der Waals surface area (Å²) in [4.78, 5) is 43.0. The predicted molar refractivity (Wildman–Crippen MR) is 127 cm³/mol. The monoisotopic (exact) mass is 446 g/mol. The minimum absolute atomic E-state index is 0.151. The Hall–Kier alpha value is -3.56. The molecule has 0 unspecified atom stereocenters. The summed E-state index contributed by atoms with van der Waals surface area (Å²) >= 11 is 1.52. The number of amides is 1. The number of anilines is 1. The molecule has 4 heterocycles. The average molecular weight is 447 g/mol. The molecule has 5 rings (SSSR count). The molecular weight excluding hydrogens is 424 g/mol. The van der Waals surface area contributed by atoms with E-state index < -0.39 is 5.91 Å². The predicted octanol–water partition coefficient (Wildman–Crippen LogP) is 2.52. The van der Waals surface area contributed by atoms with E-state index in [0.717, 1.165) is 36.4 Å². The van der Waals surface area contributed by atoms with E-state index in [2.05, 4.69) is 21.8 Å². The highest BCUT2D eigenvalue weighted by Crippen LogP contribution is 2.34. The minimum atomic E-state index is -0.678. The van der Waals surface area contributed by atoms with E-state index in [4.69, 9.17) is 15.7 Å². The number of hydrogen-bond acceptors (Lipinski definition) is 7. The van der Waals surface area contributed by atoms with E-state index in [0.29, 0.717) is 34.4 Å². The molecule has 1 aliphatic heterocycles. The number of rotatable bonds is 5. The maximum Gasteiger partial charge on any atom is 0.250 e. The molecule has 162 valence electrons. The smallest absolute Gasteiger partial charge is 0.250 e. The molecule has 0 radical (unpaired) electrons. The summed E-state index contributed by atoms with van der Waals surface area (Å²) < 4.78 is 0. The van der Waals surface area contributed by atoms with Crippen LogP contribution in [0.25, 0.3) is 32.3 Å². The lowest BCUT2D eigenvalue weighted by molar-refractivity contribution is -0.113. The summed E-state index contributed by atoms with van der Waals surface area (Å²) in [6.07, 6.45) is 2.39. The van der Waals surface area contributed by atoms with Gasteiger partial charge in [-0.1, -0.05) is 18.2 Å². The summed E-state index contributed by atoms with van der Waals surface area (Å²) in [6.45, 7) is 3.36. The van der Waals surface area contributed by atoms with Crippen molar-refractivity contribution in [3.8, 4) is 0 Å². The molecule has 32 heavy (non-hydrogen) atoms. The lowest BCUT2D eigenvalue weighted by atomic mass is 9.96. The Morgan fingerprint density at radius 1 is 1.12 bits per heavy atom. The topological polar surface area (TPSA) is 108 Å². The summed E-state index contributed by atoms with van der Waals surface area (Å²) in [5.41, 5.74) is 7.86. The number of carbonyl (C=O) groups excluding carboxylic acids is 2. The standard InChI is InChI=1S/C23H22N6O2S/c1-28-7-9-29(10-8-28)23-26-18-5-3-2-4-15(18)20(27-23)17(13-30)19(21(24)31)16-12-25-22-14(16)6-11-32-22/h2-6,11-13,25H,7-10H2,1H3,(H2,24,31)/b19-17+. The van der Waals surface area contributed by atoms with E-state index in [1.54, 1.807) is 6.20 Å². The molecule has 0 aliphatic carbocycles. The fourth-order valence-corrected chi connectivity index (χ4v) is 4.89. The number of benzene rings is 1. The molecule has 0 bridgehead atoms. The molecule has 1 aliphatic rings. The first-order valence-corrected chi connectivity index (χ1v) is 11.2. The Morgan fingerprint density at radius 3 is 2.66 bits per heavy atom. The number of nitrogens with two attached hydrogens (primary N) is 1. The van der Waals surface area contributed by atoms with Crippen LogP contribution in [-0.2, 0) is 9.59 Å². The number of likely N-dealkylation sites (N-methyl/N-ethyl adjacent to an activating group) is 1. The van der Waals surface area contributed by atoms with Crippen molar-refractivity contribution in [2.75, 3.05) is 38.1 Å². The van der Waals surface area contributed by atoms with Crippen molar-refractivity contribution >= 4 is 61.7 Å². The van der Waals surface area contributed by atoms with Crippen molar-refractivity contribution in [1.82, 2.24) is 19.9 Å². The van der Waals surface area contributed by atoms with Crippen molar-refractivity contribution in [1.29, 1.82) is 0 Å². The fraction of sp³-hybridized carbons (Fsp3) is 0.217. The lowest BCUT2D eigenvalue weighted by Crippen LogP contribution is -2.45. The maximum atomic E-state index is 12.6. The average Bonchev–Trinajstić information content (AvgIpc) is 3.41. The number of aromatic amines is 1. The highest BCUT2D eigenvalue weighted by Gasteiger charge is 2.25. The van der Waals surface area contributed by atoms with Gasteiger partial charge in [0.2, 0.25) is 11.9 Å². The second-order valence-corrected chi connectivity index (χ2v) is 8.73. The quantitative estimate of drug-likeness (QED) is 0.360. The molecule has 3 N–H and O–H groups in total. The zero-order valence-electron chi connectivity index (χ0n) is 17.5. The van der Waals surface area contributed by atoms with Crippen LogP contribution in [-0.4, -0.2) is 65.3 Å². The Kier molecular flexibility index (Phi) is 5.20. The first kappa shape index (κ1) is 20.3. The number of primary amides is 1. The molecule has 0 saturated carbocycles. The summed E-state index contributed by atoms with van der Waals surface area (Å²) in [6, 6.07) is 9.42. The van der Waals surface area contributed by atoms with Crippen LogP contribution in [0.4, 0.5) is 5.95 Å².